The van der Waals surface area contributed by atoms with E-state index in [2.05, 4.69) is 19.2 Å². The summed E-state index contributed by atoms with van der Waals surface area (Å²) in [7, 11) is 0. The Balaban J connectivity index is 1.83. The maximum atomic E-state index is 10.7. The third kappa shape index (κ3) is 4.19. The minimum atomic E-state index is -0.462. The van der Waals surface area contributed by atoms with Crippen molar-refractivity contribution in [1.82, 2.24) is 5.32 Å². The van der Waals surface area contributed by atoms with Crippen LogP contribution in [-0.2, 0) is 4.74 Å². The first-order valence-electron chi connectivity index (χ1n) is 8.71. The molecular formula is C17H33NO2. The van der Waals surface area contributed by atoms with E-state index >= 15 is 0 Å². The second kappa shape index (κ2) is 7.24. The largest absolute Gasteiger partial charge is 0.389 e. The number of ether oxygens (including phenoxy) is 1. The Morgan fingerprint density at radius 2 is 1.75 bits per heavy atom. The molecule has 1 heterocycles. The molecule has 3 heteroatoms. The zero-order valence-corrected chi connectivity index (χ0v) is 13.4. The normalized spacial score (nSPS) is 29.9. The van der Waals surface area contributed by atoms with Crippen LogP contribution in [0.15, 0.2) is 0 Å². The smallest absolute Gasteiger partial charge is 0.0771 e. The van der Waals surface area contributed by atoms with Crippen LogP contribution in [0, 0.1) is 0 Å². The van der Waals surface area contributed by atoms with E-state index in [1.165, 1.54) is 25.7 Å². The van der Waals surface area contributed by atoms with Crippen molar-refractivity contribution < 1.29 is 9.84 Å². The molecule has 3 nitrogen and oxygen atoms in total. The van der Waals surface area contributed by atoms with Gasteiger partial charge in [-0.15, -0.1) is 0 Å². The third-order valence-electron chi connectivity index (χ3n) is 5.54. The van der Waals surface area contributed by atoms with Gasteiger partial charge in [0.1, 0.15) is 0 Å². The molecule has 1 aliphatic carbocycles. The topological polar surface area (TPSA) is 41.5 Å². The molecule has 1 aliphatic heterocycles. The van der Waals surface area contributed by atoms with Crippen LogP contribution >= 0.6 is 0 Å². The highest BCUT2D eigenvalue weighted by molar-refractivity contribution is 4.91. The molecule has 2 fully saturated rings. The van der Waals surface area contributed by atoms with Gasteiger partial charge in [-0.2, -0.15) is 0 Å². The maximum absolute atomic E-state index is 10.7. The molecule has 0 amide bonds. The molecule has 0 radical (unpaired) electrons. The molecule has 0 bridgehead atoms. The van der Waals surface area contributed by atoms with Gasteiger partial charge in [0.05, 0.1) is 11.2 Å². The molecule has 20 heavy (non-hydrogen) atoms. The van der Waals surface area contributed by atoms with Crippen LogP contribution < -0.4 is 5.32 Å². The van der Waals surface area contributed by atoms with Crippen molar-refractivity contribution in [2.45, 2.75) is 95.3 Å². The van der Waals surface area contributed by atoms with Crippen LogP contribution in [-0.4, -0.2) is 35.5 Å². The van der Waals surface area contributed by atoms with E-state index in [1.807, 2.05) is 0 Å². The molecular weight excluding hydrogens is 250 g/mol. The van der Waals surface area contributed by atoms with Crippen LogP contribution in [0.4, 0.5) is 0 Å². The van der Waals surface area contributed by atoms with E-state index < -0.39 is 5.60 Å². The van der Waals surface area contributed by atoms with Gasteiger partial charge in [-0.1, -0.05) is 39.5 Å². The lowest BCUT2D eigenvalue weighted by atomic mass is 9.85. The van der Waals surface area contributed by atoms with Crippen LogP contribution in [0.3, 0.4) is 0 Å². The minimum Gasteiger partial charge on any atom is -0.389 e. The molecule has 0 spiro atoms. The number of nitrogens with one attached hydrogen (secondary N) is 1. The summed E-state index contributed by atoms with van der Waals surface area (Å²) >= 11 is 0. The van der Waals surface area contributed by atoms with Gasteiger partial charge in [0.2, 0.25) is 0 Å². The van der Waals surface area contributed by atoms with Crippen molar-refractivity contribution in [2.75, 3.05) is 13.2 Å². The summed E-state index contributed by atoms with van der Waals surface area (Å²) in [6, 6.07) is 0.510. The van der Waals surface area contributed by atoms with Gasteiger partial charge >= 0.3 is 0 Å². The number of hydrogen-bond donors (Lipinski definition) is 2. The fraction of sp³-hybridized carbons (Fsp3) is 1.00. The van der Waals surface area contributed by atoms with Crippen molar-refractivity contribution in [1.29, 1.82) is 0 Å². The summed E-state index contributed by atoms with van der Waals surface area (Å²) in [5.74, 6) is 0. The lowest BCUT2D eigenvalue weighted by molar-refractivity contribution is -0.0955. The highest BCUT2D eigenvalue weighted by atomic mass is 16.5. The Morgan fingerprint density at radius 1 is 1.10 bits per heavy atom. The summed E-state index contributed by atoms with van der Waals surface area (Å²) in [5.41, 5.74) is -0.391. The van der Waals surface area contributed by atoms with E-state index in [0.29, 0.717) is 6.04 Å². The fourth-order valence-electron chi connectivity index (χ4n) is 3.84. The Bertz CT molecular complexity index is 281. The molecule has 1 unspecified atom stereocenters. The zero-order chi connectivity index (χ0) is 14.5. The molecule has 2 rings (SSSR count). The van der Waals surface area contributed by atoms with Gasteiger partial charge in [-0.05, 0) is 38.5 Å². The molecule has 1 saturated heterocycles. The molecule has 0 aromatic rings. The van der Waals surface area contributed by atoms with Gasteiger partial charge in [-0.25, -0.2) is 0 Å². The first-order valence-corrected chi connectivity index (χ1v) is 8.71. The highest BCUT2D eigenvalue weighted by Gasteiger charge is 2.36. The van der Waals surface area contributed by atoms with Crippen molar-refractivity contribution in [3.05, 3.63) is 0 Å². The van der Waals surface area contributed by atoms with Crippen LogP contribution in [0.1, 0.15) is 78.1 Å². The lowest BCUT2D eigenvalue weighted by Crippen LogP contribution is -2.50. The summed E-state index contributed by atoms with van der Waals surface area (Å²) < 4.78 is 6.03. The Hall–Kier alpha value is -0.120. The highest BCUT2D eigenvalue weighted by Crippen LogP contribution is 2.32. The standard InChI is InChI=1S/C17H33NO2/c1-3-17(4-2)13-15(9-12-20-17)18-14-16(19)10-7-5-6-8-11-16/h15,18-19H,3-14H2,1-2H3. The van der Waals surface area contributed by atoms with Crippen LogP contribution in [0.2, 0.25) is 0 Å². The molecule has 118 valence electrons. The van der Waals surface area contributed by atoms with Gasteiger partial charge in [0, 0.05) is 19.2 Å². The molecule has 1 atom stereocenters. The Morgan fingerprint density at radius 3 is 2.35 bits per heavy atom. The molecule has 0 aromatic heterocycles. The summed E-state index contributed by atoms with van der Waals surface area (Å²) in [6.45, 7) is 6.08. The zero-order valence-electron chi connectivity index (χ0n) is 13.4. The van der Waals surface area contributed by atoms with E-state index in [0.717, 1.165) is 51.7 Å². The molecule has 0 aromatic carbocycles. The van der Waals surface area contributed by atoms with E-state index in [1.54, 1.807) is 0 Å². The SMILES string of the molecule is CCC1(CC)CC(NCC2(O)CCCCCC2)CCO1. The van der Waals surface area contributed by atoms with Crippen molar-refractivity contribution >= 4 is 0 Å². The lowest BCUT2D eigenvalue weighted by Gasteiger charge is -2.41. The number of aliphatic hydroxyl groups is 1. The quantitative estimate of drug-likeness (QED) is 0.760. The monoisotopic (exact) mass is 283 g/mol. The van der Waals surface area contributed by atoms with Crippen LogP contribution in [0.25, 0.3) is 0 Å². The van der Waals surface area contributed by atoms with Crippen LogP contribution in [0.5, 0.6) is 0 Å². The average Bonchev–Trinajstić information content (AvgIpc) is 2.71. The van der Waals surface area contributed by atoms with Gasteiger partial charge in [0.25, 0.3) is 0 Å². The Labute approximate surface area is 124 Å². The minimum absolute atomic E-state index is 0.0714. The Kier molecular flexibility index (Phi) is 5.88. The first kappa shape index (κ1) is 16.3. The summed E-state index contributed by atoms with van der Waals surface area (Å²) in [5, 5.41) is 14.4. The predicted molar refractivity (Wildman–Crippen MR) is 82.9 cm³/mol. The number of hydrogen-bond acceptors (Lipinski definition) is 3. The maximum Gasteiger partial charge on any atom is 0.0771 e. The van der Waals surface area contributed by atoms with Gasteiger partial charge in [0.15, 0.2) is 0 Å². The molecule has 2 N–H and O–H groups in total. The van der Waals surface area contributed by atoms with E-state index in [-0.39, 0.29) is 5.60 Å². The van der Waals surface area contributed by atoms with E-state index in [4.69, 9.17) is 4.74 Å². The van der Waals surface area contributed by atoms with Crippen molar-refractivity contribution in [3.63, 3.8) is 0 Å². The van der Waals surface area contributed by atoms with Crippen molar-refractivity contribution in [3.8, 4) is 0 Å². The van der Waals surface area contributed by atoms with E-state index in [9.17, 15) is 5.11 Å². The molecule has 1 saturated carbocycles. The van der Waals surface area contributed by atoms with Gasteiger partial charge < -0.3 is 15.2 Å². The average molecular weight is 283 g/mol. The summed E-state index contributed by atoms with van der Waals surface area (Å²) in [6.07, 6.45) is 11.2. The first-order chi connectivity index (χ1) is 9.61. The molecule has 2 aliphatic rings. The predicted octanol–water partition coefficient (Wildman–Crippen LogP) is 3.40. The third-order valence-corrected chi connectivity index (χ3v) is 5.54. The number of rotatable bonds is 5. The van der Waals surface area contributed by atoms with Gasteiger partial charge in [-0.3, -0.25) is 0 Å². The summed E-state index contributed by atoms with van der Waals surface area (Å²) in [4.78, 5) is 0. The van der Waals surface area contributed by atoms with Crippen molar-refractivity contribution in [2.24, 2.45) is 0 Å². The second-order valence-electron chi connectivity index (χ2n) is 6.95. The second-order valence-corrected chi connectivity index (χ2v) is 6.95. The fourth-order valence-corrected chi connectivity index (χ4v) is 3.84.